The quantitative estimate of drug-likeness (QED) is 0.199. The molecule has 0 N–H and O–H groups in total. The molecule has 0 spiro atoms. The normalized spacial score (nSPS) is 11.7. The van der Waals surface area contributed by atoms with Gasteiger partial charge in [-0.1, -0.05) is 103 Å². The molecule has 0 amide bonds. The molecule has 1 nitrogen and oxygen atoms in total. The molecular weight excluding hydrogens is 559 g/mol. The van der Waals surface area contributed by atoms with Crippen molar-refractivity contribution in [3.63, 3.8) is 0 Å². The van der Waals surface area contributed by atoms with Crippen LogP contribution in [0.15, 0.2) is 152 Å². The third-order valence-corrected chi connectivity index (χ3v) is 10.8. The molecular formula is C40H25NS2. The highest BCUT2D eigenvalue weighted by Gasteiger charge is 2.21. The Kier molecular flexibility index (Phi) is 5.62. The standard InChI is InChI=1S/C40H25NS2/c1-3-10-26(11-4-1)27-18-21-30(22-19-27)41(29-13-5-2-6-14-29)33-16-9-17-34-38(33)39-36(42-34)25-24-35-37(39)32-23-20-28-12-7-8-15-31(28)40(32)43-35/h1-25H. The van der Waals surface area contributed by atoms with Crippen LogP contribution in [0.4, 0.5) is 17.1 Å². The Morgan fingerprint density at radius 3 is 1.84 bits per heavy atom. The van der Waals surface area contributed by atoms with Gasteiger partial charge in [-0.25, -0.2) is 0 Å². The first-order valence-corrected chi connectivity index (χ1v) is 16.2. The van der Waals surface area contributed by atoms with E-state index in [1.54, 1.807) is 0 Å². The van der Waals surface area contributed by atoms with Gasteiger partial charge >= 0.3 is 0 Å². The van der Waals surface area contributed by atoms with E-state index in [0.29, 0.717) is 0 Å². The minimum atomic E-state index is 1.14. The number of rotatable bonds is 4. The summed E-state index contributed by atoms with van der Waals surface area (Å²) in [6.07, 6.45) is 0. The summed E-state index contributed by atoms with van der Waals surface area (Å²) in [7, 11) is 0. The first-order chi connectivity index (χ1) is 21.3. The van der Waals surface area contributed by atoms with Crippen molar-refractivity contribution in [3.8, 4) is 11.1 Å². The summed E-state index contributed by atoms with van der Waals surface area (Å²) in [5.41, 5.74) is 5.94. The van der Waals surface area contributed by atoms with E-state index in [2.05, 4.69) is 157 Å². The minimum absolute atomic E-state index is 1.14. The second kappa shape index (κ2) is 9.81. The lowest BCUT2D eigenvalue weighted by atomic mass is 10.0. The number of para-hydroxylation sites is 1. The second-order valence-corrected chi connectivity index (χ2v) is 13.0. The highest BCUT2D eigenvalue weighted by molar-refractivity contribution is 7.28. The van der Waals surface area contributed by atoms with Gasteiger partial charge in [0.1, 0.15) is 0 Å². The van der Waals surface area contributed by atoms with Crippen molar-refractivity contribution < 1.29 is 0 Å². The number of fused-ring (bicyclic) bond motifs is 9. The number of hydrogen-bond acceptors (Lipinski definition) is 3. The second-order valence-electron chi connectivity index (χ2n) is 10.9. The third kappa shape index (κ3) is 3.90. The molecule has 7 aromatic carbocycles. The molecule has 0 atom stereocenters. The van der Waals surface area contributed by atoms with Gasteiger partial charge in [-0.05, 0) is 70.4 Å². The summed E-state index contributed by atoms with van der Waals surface area (Å²) in [5.74, 6) is 0. The third-order valence-electron chi connectivity index (χ3n) is 8.45. The number of anilines is 3. The van der Waals surface area contributed by atoms with Gasteiger partial charge in [0.25, 0.3) is 0 Å². The van der Waals surface area contributed by atoms with Crippen LogP contribution in [-0.4, -0.2) is 0 Å². The lowest BCUT2D eigenvalue weighted by Gasteiger charge is -2.26. The first kappa shape index (κ1) is 24.6. The molecule has 0 saturated heterocycles. The SMILES string of the molecule is c1ccc(-c2ccc(N(c3ccccc3)c3cccc4sc5ccc6sc7c8ccccc8ccc7c6c5c34)cc2)cc1. The fourth-order valence-electron chi connectivity index (χ4n) is 6.51. The van der Waals surface area contributed by atoms with E-state index in [1.807, 2.05) is 22.7 Å². The molecule has 43 heavy (non-hydrogen) atoms. The van der Waals surface area contributed by atoms with Crippen molar-refractivity contribution >= 4 is 90.9 Å². The number of hydrogen-bond donors (Lipinski definition) is 0. The van der Waals surface area contributed by atoms with Crippen LogP contribution in [0, 0.1) is 0 Å². The van der Waals surface area contributed by atoms with Crippen molar-refractivity contribution in [2.75, 3.05) is 4.90 Å². The van der Waals surface area contributed by atoms with Crippen LogP contribution < -0.4 is 4.90 Å². The summed E-state index contributed by atoms with van der Waals surface area (Å²) in [6.45, 7) is 0. The highest BCUT2D eigenvalue weighted by atomic mass is 32.1. The van der Waals surface area contributed by atoms with Gasteiger partial charge < -0.3 is 4.90 Å². The molecule has 3 heteroatoms. The predicted molar refractivity (Wildman–Crippen MR) is 190 cm³/mol. The smallest absolute Gasteiger partial charge is 0.0555 e. The molecule has 0 bridgehead atoms. The van der Waals surface area contributed by atoms with E-state index >= 15 is 0 Å². The van der Waals surface area contributed by atoms with Gasteiger partial charge in [0.05, 0.1) is 5.69 Å². The fraction of sp³-hybridized carbons (Fsp3) is 0. The van der Waals surface area contributed by atoms with Crippen molar-refractivity contribution in [2.24, 2.45) is 0 Å². The van der Waals surface area contributed by atoms with E-state index < -0.39 is 0 Å². The summed E-state index contributed by atoms with van der Waals surface area (Å²) in [6, 6.07) is 55.1. The highest BCUT2D eigenvalue weighted by Crippen LogP contribution is 2.50. The van der Waals surface area contributed by atoms with Gasteiger partial charge in [-0.2, -0.15) is 0 Å². The van der Waals surface area contributed by atoms with Crippen molar-refractivity contribution in [1.82, 2.24) is 0 Å². The Bertz CT molecular complexity index is 2440. The molecule has 0 unspecified atom stereocenters. The Labute approximate surface area is 257 Å². The molecule has 0 aliphatic heterocycles. The average Bonchev–Trinajstić information content (AvgIpc) is 3.65. The lowest BCUT2D eigenvalue weighted by Crippen LogP contribution is -2.10. The van der Waals surface area contributed by atoms with Crippen LogP contribution >= 0.6 is 22.7 Å². The maximum absolute atomic E-state index is 2.42. The zero-order valence-electron chi connectivity index (χ0n) is 23.2. The maximum atomic E-state index is 2.42. The fourth-order valence-corrected chi connectivity index (χ4v) is 8.89. The van der Waals surface area contributed by atoms with Gasteiger partial charge in [-0.15, -0.1) is 22.7 Å². The first-order valence-electron chi connectivity index (χ1n) is 14.5. The number of thiophene rings is 2. The molecule has 202 valence electrons. The largest absolute Gasteiger partial charge is 0.310 e. The molecule has 0 radical (unpaired) electrons. The Balaban J connectivity index is 1.34. The molecule has 0 aliphatic carbocycles. The average molecular weight is 584 g/mol. The Morgan fingerprint density at radius 1 is 0.372 bits per heavy atom. The monoisotopic (exact) mass is 583 g/mol. The summed E-state index contributed by atoms with van der Waals surface area (Å²) >= 11 is 3.81. The van der Waals surface area contributed by atoms with E-state index in [4.69, 9.17) is 0 Å². The summed E-state index contributed by atoms with van der Waals surface area (Å²) < 4.78 is 5.35. The topological polar surface area (TPSA) is 3.24 Å². The predicted octanol–water partition coefficient (Wildman–Crippen LogP) is 12.7. The molecule has 0 aliphatic rings. The molecule has 9 aromatic rings. The number of nitrogens with zero attached hydrogens (tertiary/aromatic N) is 1. The molecule has 0 fully saturated rings. The van der Waals surface area contributed by atoms with Crippen LogP contribution in [0.2, 0.25) is 0 Å². The van der Waals surface area contributed by atoms with Gasteiger partial charge in [0.15, 0.2) is 0 Å². The number of benzene rings is 7. The van der Waals surface area contributed by atoms with Crippen molar-refractivity contribution in [3.05, 3.63) is 152 Å². The molecule has 9 rings (SSSR count). The van der Waals surface area contributed by atoms with Crippen LogP contribution in [0.1, 0.15) is 0 Å². The van der Waals surface area contributed by atoms with E-state index in [-0.39, 0.29) is 0 Å². The van der Waals surface area contributed by atoms with Gasteiger partial charge in [0, 0.05) is 51.7 Å². The summed E-state index contributed by atoms with van der Waals surface area (Å²) in [5, 5.41) is 8.02. The van der Waals surface area contributed by atoms with Gasteiger partial charge in [0.2, 0.25) is 0 Å². The summed E-state index contributed by atoms with van der Waals surface area (Å²) in [4.78, 5) is 2.42. The van der Waals surface area contributed by atoms with Crippen LogP contribution in [-0.2, 0) is 0 Å². The Morgan fingerprint density at radius 2 is 1.02 bits per heavy atom. The van der Waals surface area contributed by atoms with Gasteiger partial charge in [-0.3, -0.25) is 0 Å². The van der Waals surface area contributed by atoms with Crippen LogP contribution in [0.5, 0.6) is 0 Å². The zero-order valence-corrected chi connectivity index (χ0v) is 24.8. The lowest BCUT2D eigenvalue weighted by molar-refractivity contribution is 1.30. The van der Waals surface area contributed by atoms with E-state index in [0.717, 1.165) is 11.4 Å². The van der Waals surface area contributed by atoms with E-state index in [9.17, 15) is 0 Å². The maximum Gasteiger partial charge on any atom is 0.0555 e. The van der Waals surface area contributed by atoms with E-state index in [1.165, 1.54) is 67.9 Å². The van der Waals surface area contributed by atoms with Crippen LogP contribution in [0.3, 0.4) is 0 Å². The van der Waals surface area contributed by atoms with Crippen LogP contribution in [0.25, 0.3) is 62.2 Å². The van der Waals surface area contributed by atoms with Crippen molar-refractivity contribution in [2.45, 2.75) is 0 Å². The minimum Gasteiger partial charge on any atom is -0.310 e. The van der Waals surface area contributed by atoms with Crippen molar-refractivity contribution in [1.29, 1.82) is 0 Å². The Hall–Kier alpha value is -4.96. The molecule has 0 saturated carbocycles. The molecule has 2 aromatic heterocycles. The zero-order chi connectivity index (χ0) is 28.3. The molecule has 2 heterocycles.